The molecule has 0 fully saturated rings. The van der Waals surface area contributed by atoms with Gasteiger partial charge in [0, 0.05) is 17.3 Å². The molecule has 0 aliphatic carbocycles. The Morgan fingerprint density at radius 2 is 1.85 bits per heavy atom. The van der Waals surface area contributed by atoms with E-state index in [0.29, 0.717) is 34.0 Å². The lowest BCUT2D eigenvalue weighted by Gasteiger charge is -2.11. The van der Waals surface area contributed by atoms with E-state index >= 15 is 0 Å². The maximum atomic E-state index is 12.5. The highest BCUT2D eigenvalue weighted by atomic mass is 35.5. The summed E-state index contributed by atoms with van der Waals surface area (Å²) in [5, 5.41) is 15.1. The van der Waals surface area contributed by atoms with Crippen LogP contribution in [0.25, 0.3) is 0 Å². The van der Waals surface area contributed by atoms with E-state index in [2.05, 4.69) is 20.8 Å². The molecule has 0 saturated carbocycles. The minimum atomic E-state index is -0.236. The van der Waals surface area contributed by atoms with Gasteiger partial charge in [-0.05, 0) is 62.2 Å². The molecule has 3 rings (SSSR count). The summed E-state index contributed by atoms with van der Waals surface area (Å²) in [6.07, 6.45) is 0.0836. The topological polar surface area (TPSA) is 98.1 Å². The zero-order valence-electron chi connectivity index (χ0n) is 18.9. The van der Waals surface area contributed by atoms with E-state index < -0.39 is 0 Å². The summed E-state index contributed by atoms with van der Waals surface area (Å²) in [6, 6.07) is 10.8. The number of nitrogens with one attached hydrogen (secondary N) is 2. The number of aromatic nitrogens is 3. The molecule has 1 aromatic heterocycles. The second kappa shape index (κ2) is 11.2. The van der Waals surface area contributed by atoms with E-state index in [0.717, 1.165) is 11.3 Å². The Kier molecular flexibility index (Phi) is 8.35. The molecule has 33 heavy (non-hydrogen) atoms. The lowest BCUT2D eigenvalue weighted by molar-refractivity contribution is -0.116. The van der Waals surface area contributed by atoms with Gasteiger partial charge in [-0.15, -0.1) is 10.2 Å². The van der Waals surface area contributed by atoms with Crippen LogP contribution in [-0.2, 0) is 22.6 Å². The van der Waals surface area contributed by atoms with Crippen LogP contribution in [0.3, 0.4) is 0 Å². The molecule has 2 N–H and O–H groups in total. The molecule has 2 aromatic carbocycles. The average Bonchev–Trinajstić information content (AvgIpc) is 3.16. The summed E-state index contributed by atoms with van der Waals surface area (Å²) >= 11 is 7.26. The third kappa shape index (κ3) is 6.49. The zero-order chi connectivity index (χ0) is 24.0. The maximum Gasteiger partial charge on any atom is 0.234 e. The molecule has 8 nitrogen and oxygen atoms in total. The monoisotopic (exact) mass is 487 g/mol. The van der Waals surface area contributed by atoms with Gasteiger partial charge < -0.3 is 19.9 Å². The van der Waals surface area contributed by atoms with Crippen molar-refractivity contribution in [1.29, 1.82) is 0 Å². The minimum absolute atomic E-state index is 0.0836. The van der Waals surface area contributed by atoms with Gasteiger partial charge in [-0.25, -0.2) is 0 Å². The first-order chi connectivity index (χ1) is 15.8. The van der Waals surface area contributed by atoms with Crippen LogP contribution in [0.15, 0.2) is 41.6 Å². The SMILES string of the molecule is CCn1c(CC(=O)Nc2ccc(C)c(C)c2)nnc1SCC(=O)Nc1cc(Cl)ccc1OC. The van der Waals surface area contributed by atoms with E-state index in [1.165, 1.54) is 24.4 Å². The fourth-order valence-electron chi connectivity index (χ4n) is 3.14. The Morgan fingerprint density at radius 3 is 2.55 bits per heavy atom. The Balaban J connectivity index is 1.61. The van der Waals surface area contributed by atoms with E-state index in [9.17, 15) is 9.59 Å². The first-order valence-corrected chi connectivity index (χ1v) is 11.7. The molecule has 174 valence electrons. The summed E-state index contributed by atoms with van der Waals surface area (Å²) in [5.74, 6) is 0.760. The van der Waals surface area contributed by atoms with Crippen molar-refractivity contribution in [1.82, 2.24) is 14.8 Å². The molecule has 3 aromatic rings. The van der Waals surface area contributed by atoms with Crippen LogP contribution in [0.1, 0.15) is 23.9 Å². The van der Waals surface area contributed by atoms with Crippen LogP contribution in [0.5, 0.6) is 5.75 Å². The van der Waals surface area contributed by atoms with Crippen LogP contribution in [-0.4, -0.2) is 39.4 Å². The number of hydrogen-bond acceptors (Lipinski definition) is 6. The van der Waals surface area contributed by atoms with Crippen molar-refractivity contribution in [3.63, 3.8) is 0 Å². The standard InChI is InChI=1S/C23H26ClN5O3S/c1-5-29-20(12-21(30)25-17-8-6-14(2)15(3)10-17)27-28-23(29)33-13-22(31)26-18-11-16(24)7-9-19(18)32-4/h6-11H,5,12-13H2,1-4H3,(H,25,30)(H,26,31). The number of ether oxygens (including phenoxy) is 1. The normalized spacial score (nSPS) is 10.7. The number of carbonyl (C=O) groups excluding carboxylic acids is 2. The van der Waals surface area contributed by atoms with Crippen LogP contribution >= 0.6 is 23.4 Å². The molecule has 0 spiro atoms. The van der Waals surface area contributed by atoms with Crippen molar-refractivity contribution in [2.24, 2.45) is 0 Å². The average molecular weight is 488 g/mol. The summed E-state index contributed by atoms with van der Waals surface area (Å²) in [5.41, 5.74) is 3.51. The molecule has 0 atom stereocenters. The van der Waals surface area contributed by atoms with E-state index in [4.69, 9.17) is 16.3 Å². The van der Waals surface area contributed by atoms with Crippen molar-refractivity contribution in [2.75, 3.05) is 23.5 Å². The van der Waals surface area contributed by atoms with E-state index in [1.54, 1.807) is 18.2 Å². The smallest absolute Gasteiger partial charge is 0.234 e. The van der Waals surface area contributed by atoms with Crippen molar-refractivity contribution >= 4 is 46.6 Å². The second-order valence-corrected chi connectivity index (χ2v) is 8.73. The van der Waals surface area contributed by atoms with Gasteiger partial charge in [-0.1, -0.05) is 29.4 Å². The third-order valence-corrected chi connectivity index (χ3v) is 6.19. The number of nitrogens with zero attached hydrogens (tertiary/aromatic N) is 3. The van der Waals surface area contributed by atoms with Crippen molar-refractivity contribution in [3.8, 4) is 5.75 Å². The number of methoxy groups -OCH3 is 1. The highest BCUT2D eigenvalue weighted by Crippen LogP contribution is 2.28. The van der Waals surface area contributed by atoms with Crippen LogP contribution < -0.4 is 15.4 Å². The first kappa shape index (κ1) is 24.6. The van der Waals surface area contributed by atoms with E-state index in [1.807, 2.05) is 43.5 Å². The molecule has 2 amide bonds. The fourth-order valence-corrected chi connectivity index (χ4v) is 4.13. The second-order valence-electron chi connectivity index (χ2n) is 7.35. The van der Waals surface area contributed by atoms with Gasteiger partial charge in [-0.2, -0.15) is 0 Å². The fraction of sp³-hybridized carbons (Fsp3) is 0.304. The summed E-state index contributed by atoms with van der Waals surface area (Å²) in [4.78, 5) is 25.0. The van der Waals surface area contributed by atoms with Gasteiger partial charge in [-0.3, -0.25) is 9.59 Å². The number of halogens is 1. The highest BCUT2D eigenvalue weighted by Gasteiger charge is 2.17. The number of aryl methyl sites for hydroxylation is 2. The number of thioether (sulfide) groups is 1. The number of amides is 2. The van der Waals surface area contributed by atoms with Crippen LogP contribution in [0.2, 0.25) is 5.02 Å². The van der Waals surface area contributed by atoms with Crippen LogP contribution in [0.4, 0.5) is 11.4 Å². The largest absolute Gasteiger partial charge is 0.495 e. The molecule has 0 unspecified atom stereocenters. The van der Waals surface area contributed by atoms with Crippen LogP contribution in [0, 0.1) is 13.8 Å². The summed E-state index contributed by atoms with van der Waals surface area (Å²) in [6.45, 7) is 6.54. The number of anilines is 2. The molecule has 0 radical (unpaired) electrons. The van der Waals surface area contributed by atoms with Crippen molar-refractivity contribution in [2.45, 2.75) is 38.9 Å². The Labute approximate surface area is 202 Å². The Morgan fingerprint density at radius 1 is 1.06 bits per heavy atom. The van der Waals surface area contributed by atoms with Gasteiger partial charge in [0.15, 0.2) is 5.16 Å². The molecule has 10 heteroatoms. The number of benzene rings is 2. The van der Waals surface area contributed by atoms with Gasteiger partial charge >= 0.3 is 0 Å². The van der Waals surface area contributed by atoms with Crippen molar-refractivity contribution < 1.29 is 14.3 Å². The van der Waals surface area contributed by atoms with Gasteiger partial charge in [0.2, 0.25) is 11.8 Å². The lowest BCUT2D eigenvalue weighted by atomic mass is 10.1. The number of rotatable bonds is 9. The number of carbonyl (C=O) groups is 2. The van der Waals surface area contributed by atoms with Gasteiger partial charge in [0.1, 0.15) is 11.6 Å². The quantitative estimate of drug-likeness (QED) is 0.431. The Bertz CT molecular complexity index is 1160. The predicted octanol–water partition coefficient (Wildman–Crippen LogP) is 4.49. The third-order valence-electron chi connectivity index (χ3n) is 4.99. The minimum Gasteiger partial charge on any atom is -0.495 e. The number of hydrogen-bond donors (Lipinski definition) is 2. The predicted molar refractivity (Wildman–Crippen MR) is 131 cm³/mol. The zero-order valence-corrected chi connectivity index (χ0v) is 20.5. The first-order valence-electron chi connectivity index (χ1n) is 10.4. The molecule has 0 aliphatic rings. The lowest BCUT2D eigenvalue weighted by Crippen LogP contribution is -2.18. The molecule has 0 bridgehead atoms. The Hall–Kier alpha value is -3.04. The highest BCUT2D eigenvalue weighted by molar-refractivity contribution is 7.99. The van der Waals surface area contributed by atoms with E-state index in [-0.39, 0.29) is 24.0 Å². The molecule has 1 heterocycles. The summed E-state index contributed by atoms with van der Waals surface area (Å²) in [7, 11) is 1.52. The maximum absolute atomic E-state index is 12.5. The molecule has 0 saturated heterocycles. The van der Waals surface area contributed by atoms with Crippen molar-refractivity contribution in [3.05, 3.63) is 58.4 Å². The van der Waals surface area contributed by atoms with Gasteiger partial charge in [0.05, 0.1) is 25.0 Å². The summed E-state index contributed by atoms with van der Waals surface area (Å²) < 4.78 is 7.08. The molecular formula is C23H26ClN5O3S. The molecular weight excluding hydrogens is 462 g/mol. The molecule has 0 aliphatic heterocycles. The van der Waals surface area contributed by atoms with Gasteiger partial charge in [0.25, 0.3) is 0 Å².